The van der Waals surface area contributed by atoms with E-state index >= 15 is 0 Å². The fourth-order valence-corrected chi connectivity index (χ4v) is 1.24. The highest BCUT2D eigenvalue weighted by molar-refractivity contribution is 6.64. The van der Waals surface area contributed by atoms with E-state index in [4.69, 9.17) is 21.1 Å². The Morgan fingerprint density at radius 2 is 2.13 bits per heavy atom. The Bertz CT molecular complexity index is 370. The van der Waals surface area contributed by atoms with Gasteiger partial charge in [-0.3, -0.25) is 4.79 Å². The van der Waals surface area contributed by atoms with Crippen LogP contribution in [0.1, 0.15) is 0 Å². The Morgan fingerprint density at radius 1 is 1.40 bits per heavy atom. The van der Waals surface area contributed by atoms with Crippen LogP contribution in [0.2, 0.25) is 0 Å². The molecule has 0 aliphatic carbocycles. The number of fused-ring (bicyclic) bond motifs is 1. The smallest absolute Gasteiger partial charge is 0.240 e. The molecule has 1 aromatic rings. The molecule has 2 rings (SSSR count). The number of hydrogen-bond donors (Lipinski definition) is 1. The molecule has 0 fully saturated rings. The van der Waals surface area contributed by atoms with Crippen LogP contribution in [0.3, 0.4) is 0 Å². The van der Waals surface area contributed by atoms with Crippen molar-refractivity contribution in [2.45, 2.75) is 0 Å². The van der Waals surface area contributed by atoms with E-state index in [0.29, 0.717) is 11.5 Å². The second-order valence-corrected chi connectivity index (χ2v) is 3.20. The van der Waals surface area contributed by atoms with Crippen molar-refractivity contribution in [1.82, 2.24) is 0 Å². The Morgan fingerprint density at radius 3 is 2.87 bits per heavy atom. The summed E-state index contributed by atoms with van der Waals surface area (Å²) in [6, 6.07) is 5.35. The first-order valence-electron chi connectivity index (χ1n) is 4.07. The Balaban J connectivity index is 0.00000112. The number of hydrogen-bond acceptors (Lipinski definition) is 4. The SMILES string of the molecule is Cl.O=C(Cl)CNc1ccc2c(c1)OCO2. The molecular weight excluding hydrogens is 241 g/mol. The maximum Gasteiger partial charge on any atom is 0.240 e. The molecule has 0 bridgehead atoms. The normalized spacial score (nSPS) is 11.8. The van der Waals surface area contributed by atoms with Gasteiger partial charge in [0, 0.05) is 11.8 Å². The first-order valence-corrected chi connectivity index (χ1v) is 4.45. The molecule has 0 radical (unpaired) electrons. The molecule has 1 aliphatic rings. The van der Waals surface area contributed by atoms with Gasteiger partial charge < -0.3 is 14.8 Å². The molecular formula is C9H9Cl2NO3. The number of halogens is 2. The van der Waals surface area contributed by atoms with Gasteiger partial charge in [-0.05, 0) is 23.7 Å². The van der Waals surface area contributed by atoms with Gasteiger partial charge in [-0.25, -0.2) is 0 Å². The van der Waals surface area contributed by atoms with E-state index in [1.165, 1.54) is 0 Å². The van der Waals surface area contributed by atoms with E-state index in [-0.39, 0.29) is 25.7 Å². The van der Waals surface area contributed by atoms with E-state index in [1.54, 1.807) is 18.2 Å². The van der Waals surface area contributed by atoms with Crippen molar-refractivity contribution in [3.63, 3.8) is 0 Å². The maximum absolute atomic E-state index is 10.5. The van der Waals surface area contributed by atoms with Gasteiger partial charge in [-0.2, -0.15) is 0 Å². The summed E-state index contributed by atoms with van der Waals surface area (Å²) in [6.45, 7) is 0.342. The molecule has 1 aliphatic heterocycles. The van der Waals surface area contributed by atoms with Gasteiger partial charge in [-0.15, -0.1) is 12.4 Å². The molecule has 0 saturated heterocycles. The second kappa shape index (κ2) is 5.09. The molecule has 4 nitrogen and oxygen atoms in total. The summed E-state index contributed by atoms with van der Waals surface area (Å²) in [6.07, 6.45) is 0. The first kappa shape index (κ1) is 11.9. The fourth-order valence-electron chi connectivity index (χ4n) is 1.18. The van der Waals surface area contributed by atoms with Gasteiger partial charge in [0.05, 0.1) is 6.54 Å². The van der Waals surface area contributed by atoms with Gasteiger partial charge >= 0.3 is 0 Å². The lowest BCUT2D eigenvalue weighted by Crippen LogP contribution is -2.07. The van der Waals surface area contributed by atoms with Gasteiger partial charge in [0.1, 0.15) is 0 Å². The third-order valence-electron chi connectivity index (χ3n) is 1.80. The highest BCUT2D eigenvalue weighted by Crippen LogP contribution is 2.34. The molecule has 0 aromatic heterocycles. The number of nitrogens with one attached hydrogen (secondary N) is 1. The van der Waals surface area contributed by atoms with Crippen molar-refractivity contribution in [1.29, 1.82) is 0 Å². The first-order chi connectivity index (χ1) is 6.75. The van der Waals surface area contributed by atoms with Gasteiger partial charge in [-0.1, -0.05) is 0 Å². The van der Waals surface area contributed by atoms with Crippen molar-refractivity contribution < 1.29 is 14.3 Å². The molecule has 0 unspecified atom stereocenters. The van der Waals surface area contributed by atoms with Crippen LogP contribution in [0.4, 0.5) is 5.69 Å². The summed E-state index contributed by atoms with van der Waals surface area (Å²) < 4.78 is 10.3. The van der Waals surface area contributed by atoms with Gasteiger partial charge in [0.25, 0.3) is 0 Å². The van der Waals surface area contributed by atoms with E-state index in [0.717, 1.165) is 5.69 Å². The average Bonchev–Trinajstić information content (AvgIpc) is 2.61. The lowest BCUT2D eigenvalue weighted by atomic mass is 10.3. The van der Waals surface area contributed by atoms with Crippen LogP contribution < -0.4 is 14.8 Å². The highest BCUT2D eigenvalue weighted by Gasteiger charge is 2.12. The van der Waals surface area contributed by atoms with Crippen LogP contribution in [0.25, 0.3) is 0 Å². The topological polar surface area (TPSA) is 47.6 Å². The molecule has 0 spiro atoms. The predicted octanol–water partition coefficient (Wildman–Crippen LogP) is 2.01. The van der Waals surface area contributed by atoms with Crippen LogP contribution in [-0.4, -0.2) is 18.6 Å². The molecule has 0 amide bonds. The van der Waals surface area contributed by atoms with Gasteiger partial charge in [0.2, 0.25) is 12.0 Å². The predicted molar refractivity (Wildman–Crippen MR) is 59.2 cm³/mol. The number of carbonyl (C=O) groups excluding carboxylic acids is 1. The minimum absolute atomic E-state index is 0. The van der Waals surface area contributed by atoms with Crippen molar-refractivity contribution in [2.75, 3.05) is 18.7 Å². The van der Waals surface area contributed by atoms with E-state index in [1.807, 2.05) is 0 Å². The Hall–Kier alpha value is -1.13. The Kier molecular flexibility index (Phi) is 4.05. The minimum Gasteiger partial charge on any atom is -0.454 e. The average molecular weight is 250 g/mol. The highest BCUT2D eigenvalue weighted by atomic mass is 35.5. The number of rotatable bonds is 3. The summed E-state index contributed by atoms with van der Waals surface area (Å²) in [5.41, 5.74) is 0.781. The summed E-state index contributed by atoms with van der Waals surface area (Å²) in [7, 11) is 0. The van der Waals surface area contributed by atoms with E-state index in [9.17, 15) is 4.79 Å². The summed E-state index contributed by atoms with van der Waals surface area (Å²) in [4.78, 5) is 10.5. The van der Waals surface area contributed by atoms with Crippen LogP contribution in [-0.2, 0) is 4.79 Å². The van der Waals surface area contributed by atoms with E-state index in [2.05, 4.69) is 5.32 Å². The van der Waals surface area contributed by atoms with Crippen molar-refractivity contribution in [3.05, 3.63) is 18.2 Å². The standard InChI is InChI=1S/C9H8ClNO3.ClH/c10-9(12)4-11-6-1-2-7-8(3-6)14-5-13-7;/h1-3,11H,4-5H2;1H. The lowest BCUT2D eigenvalue weighted by Gasteiger charge is -2.03. The van der Waals surface area contributed by atoms with Crippen LogP contribution in [0.5, 0.6) is 11.5 Å². The maximum atomic E-state index is 10.5. The molecule has 1 N–H and O–H groups in total. The molecule has 6 heteroatoms. The van der Waals surface area contributed by atoms with Crippen LogP contribution in [0.15, 0.2) is 18.2 Å². The number of ether oxygens (including phenoxy) is 2. The summed E-state index contributed by atoms with van der Waals surface area (Å²) in [5, 5.41) is 2.43. The fraction of sp³-hybridized carbons (Fsp3) is 0.222. The number of anilines is 1. The Labute approximate surface area is 97.9 Å². The zero-order valence-corrected chi connectivity index (χ0v) is 9.23. The van der Waals surface area contributed by atoms with Crippen molar-refractivity contribution in [3.8, 4) is 11.5 Å². The van der Waals surface area contributed by atoms with Crippen molar-refractivity contribution >= 4 is 34.9 Å². The number of benzene rings is 1. The molecule has 82 valence electrons. The molecule has 0 saturated carbocycles. The largest absolute Gasteiger partial charge is 0.454 e. The summed E-state index contributed by atoms with van der Waals surface area (Å²) >= 11 is 5.19. The third kappa shape index (κ3) is 2.91. The lowest BCUT2D eigenvalue weighted by molar-refractivity contribution is -0.110. The zero-order valence-electron chi connectivity index (χ0n) is 7.66. The van der Waals surface area contributed by atoms with Crippen molar-refractivity contribution in [2.24, 2.45) is 0 Å². The minimum atomic E-state index is -0.428. The number of carbonyl (C=O) groups is 1. The third-order valence-corrected chi connectivity index (χ3v) is 1.94. The summed E-state index contributed by atoms with van der Waals surface area (Å²) in [5.74, 6) is 1.39. The monoisotopic (exact) mass is 249 g/mol. The molecule has 15 heavy (non-hydrogen) atoms. The zero-order chi connectivity index (χ0) is 9.97. The van der Waals surface area contributed by atoms with E-state index < -0.39 is 5.24 Å². The van der Waals surface area contributed by atoms with Gasteiger partial charge in [0.15, 0.2) is 11.5 Å². The van der Waals surface area contributed by atoms with Crippen LogP contribution in [0, 0.1) is 0 Å². The molecule has 1 aromatic carbocycles. The second-order valence-electron chi connectivity index (χ2n) is 2.78. The quantitative estimate of drug-likeness (QED) is 0.833. The molecule has 0 atom stereocenters. The molecule has 1 heterocycles. The van der Waals surface area contributed by atoms with Crippen LogP contribution >= 0.6 is 24.0 Å².